The van der Waals surface area contributed by atoms with Crippen molar-refractivity contribution in [1.82, 2.24) is 0 Å². The molecule has 1 aromatic carbocycles. The number of amides is 2. The number of carbonyl (C=O) groups excluding carboxylic acids is 2. The average molecular weight is 272 g/mol. The third-order valence-corrected chi connectivity index (χ3v) is 4.35. The van der Waals surface area contributed by atoms with E-state index in [0.717, 1.165) is 49.9 Å². The Kier molecular flexibility index (Phi) is 3.72. The van der Waals surface area contributed by atoms with Crippen molar-refractivity contribution < 1.29 is 9.59 Å². The standard InChI is InChI=1S/C16H20N2O2/c19-15(11-4-1-5-11)17-13-8-3-9-14(10-13)18-16(20)12-6-2-7-12/h3,8-12H,1-2,4-7H2,(H,17,19)(H,18,20). The summed E-state index contributed by atoms with van der Waals surface area (Å²) in [5, 5.41) is 5.85. The Labute approximate surface area is 118 Å². The SMILES string of the molecule is O=C(Nc1cccc(NC(=O)C2CCC2)c1)C1CCC1. The van der Waals surface area contributed by atoms with Crippen LogP contribution < -0.4 is 10.6 Å². The lowest BCUT2D eigenvalue weighted by Crippen LogP contribution is -2.29. The predicted octanol–water partition coefficient (Wildman–Crippen LogP) is 3.16. The van der Waals surface area contributed by atoms with Gasteiger partial charge in [-0.15, -0.1) is 0 Å². The molecule has 106 valence electrons. The van der Waals surface area contributed by atoms with Gasteiger partial charge in [0.25, 0.3) is 0 Å². The van der Waals surface area contributed by atoms with E-state index >= 15 is 0 Å². The molecule has 0 aliphatic heterocycles. The summed E-state index contributed by atoms with van der Waals surface area (Å²) in [5.41, 5.74) is 1.52. The lowest BCUT2D eigenvalue weighted by molar-refractivity contribution is -0.122. The molecule has 2 aliphatic carbocycles. The first-order valence-electron chi connectivity index (χ1n) is 7.44. The van der Waals surface area contributed by atoms with E-state index < -0.39 is 0 Å². The molecule has 2 amide bonds. The molecule has 0 bridgehead atoms. The molecule has 0 atom stereocenters. The number of benzene rings is 1. The van der Waals surface area contributed by atoms with Crippen molar-refractivity contribution in [2.45, 2.75) is 38.5 Å². The second-order valence-electron chi connectivity index (χ2n) is 5.81. The van der Waals surface area contributed by atoms with Crippen LogP contribution in [0.5, 0.6) is 0 Å². The van der Waals surface area contributed by atoms with Crippen LogP contribution in [0.15, 0.2) is 24.3 Å². The molecule has 0 spiro atoms. The number of hydrogen-bond donors (Lipinski definition) is 2. The smallest absolute Gasteiger partial charge is 0.227 e. The fourth-order valence-electron chi connectivity index (χ4n) is 2.50. The first-order valence-corrected chi connectivity index (χ1v) is 7.44. The molecule has 3 rings (SSSR count). The molecule has 2 fully saturated rings. The molecule has 1 aromatic rings. The van der Waals surface area contributed by atoms with Crippen molar-refractivity contribution in [1.29, 1.82) is 0 Å². The van der Waals surface area contributed by atoms with Crippen LogP contribution >= 0.6 is 0 Å². The van der Waals surface area contributed by atoms with Crippen molar-refractivity contribution in [2.24, 2.45) is 11.8 Å². The topological polar surface area (TPSA) is 58.2 Å². The van der Waals surface area contributed by atoms with Gasteiger partial charge < -0.3 is 10.6 Å². The van der Waals surface area contributed by atoms with Crippen LogP contribution in [0.25, 0.3) is 0 Å². The first kappa shape index (κ1) is 13.2. The zero-order valence-corrected chi connectivity index (χ0v) is 11.5. The van der Waals surface area contributed by atoms with Crippen molar-refractivity contribution in [3.05, 3.63) is 24.3 Å². The highest BCUT2D eigenvalue weighted by Crippen LogP contribution is 2.29. The van der Waals surface area contributed by atoms with E-state index in [4.69, 9.17) is 0 Å². The minimum atomic E-state index is 0.0960. The Morgan fingerprint density at radius 1 is 0.850 bits per heavy atom. The zero-order valence-electron chi connectivity index (χ0n) is 11.5. The van der Waals surface area contributed by atoms with Crippen molar-refractivity contribution in [3.8, 4) is 0 Å². The van der Waals surface area contributed by atoms with Crippen molar-refractivity contribution in [2.75, 3.05) is 10.6 Å². The maximum absolute atomic E-state index is 11.9. The number of rotatable bonds is 4. The van der Waals surface area contributed by atoms with Crippen LogP contribution in [0, 0.1) is 11.8 Å². The Morgan fingerprint density at radius 2 is 1.30 bits per heavy atom. The molecular weight excluding hydrogens is 252 g/mol. The number of nitrogens with one attached hydrogen (secondary N) is 2. The summed E-state index contributed by atoms with van der Waals surface area (Å²) < 4.78 is 0. The summed E-state index contributed by atoms with van der Waals surface area (Å²) in [4.78, 5) is 23.8. The average Bonchev–Trinajstić information content (AvgIpc) is 2.23. The monoisotopic (exact) mass is 272 g/mol. The molecule has 20 heavy (non-hydrogen) atoms. The molecule has 0 unspecified atom stereocenters. The van der Waals surface area contributed by atoms with Crippen LogP contribution in [0.1, 0.15) is 38.5 Å². The molecule has 2 saturated carbocycles. The fourth-order valence-corrected chi connectivity index (χ4v) is 2.50. The molecule has 0 aromatic heterocycles. The van der Waals surface area contributed by atoms with E-state index in [9.17, 15) is 9.59 Å². The molecule has 4 nitrogen and oxygen atoms in total. The van der Waals surface area contributed by atoms with Gasteiger partial charge in [-0.05, 0) is 43.9 Å². The Bertz CT molecular complexity index is 476. The Morgan fingerprint density at radius 3 is 1.65 bits per heavy atom. The van der Waals surface area contributed by atoms with Crippen molar-refractivity contribution >= 4 is 23.2 Å². The van der Waals surface area contributed by atoms with Gasteiger partial charge in [-0.1, -0.05) is 18.9 Å². The van der Waals surface area contributed by atoms with Gasteiger partial charge in [0.15, 0.2) is 0 Å². The largest absolute Gasteiger partial charge is 0.326 e. The van der Waals surface area contributed by atoms with E-state index in [1.165, 1.54) is 0 Å². The van der Waals surface area contributed by atoms with Crippen LogP contribution in [0.2, 0.25) is 0 Å². The normalized spacial score (nSPS) is 18.8. The molecule has 4 heteroatoms. The molecule has 2 aliphatic rings. The summed E-state index contributed by atoms with van der Waals surface area (Å²) >= 11 is 0. The maximum Gasteiger partial charge on any atom is 0.227 e. The van der Waals surface area contributed by atoms with Gasteiger partial charge in [0.2, 0.25) is 11.8 Å². The second-order valence-corrected chi connectivity index (χ2v) is 5.81. The number of carbonyl (C=O) groups is 2. The zero-order chi connectivity index (χ0) is 13.9. The quantitative estimate of drug-likeness (QED) is 0.884. The molecular formula is C16H20N2O2. The maximum atomic E-state index is 11.9. The third kappa shape index (κ3) is 2.84. The van der Waals surface area contributed by atoms with E-state index in [1.807, 2.05) is 24.3 Å². The fraction of sp³-hybridized carbons (Fsp3) is 0.500. The summed E-state index contributed by atoms with van der Waals surface area (Å²) in [6.45, 7) is 0. The van der Waals surface area contributed by atoms with Gasteiger partial charge >= 0.3 is 0 Å². The van der Waals surface area contributed by atoms with Gasteiger partial charge in [-0.25, -0.2) is 0 Å². The van der Waals surface area contributed by atoms with Gasteiger partial charge in [0, 0.05) is 23.2 Å². The second kappa shape index (κ2) is 5.65. The summed E-state index contributed by atoms with van der Waals surface area (Å²) in [7, 11) is 0. The first-order chi connectivity index (χ1) is 9.72. The number of hydrogen-bond acceptors (Lipinski definition) is 2. The van der Waals surface area contributed by atoms with E-state index in [2.05, 4.69) is 10.6 Å². The highest BCUT2D eigenvalue weighted by atomic mass is 16.2. The highest BCUT2D eigenvalue weighted by molar-refractivity contribution is 5.96. The molecule has 0 saturated heterocycles. The van der Waals surface area contributed by atoms with Gasteiger partial charge in [-0.3, -0.25) is 9.59 Å². The van der Waals surface area contributed by atoms with E-state index in [0.29, 0.717) is 0 Å². The summed E-state index contributed by atoms with van der Waals surface area (Å²) in [6.07, 6.45) is 6.26. The van der Waals surface area contributed by atoms with Crippen LogP contribution in [0.3, 0.4) is 0 Å². The Balaban J connectivity index is 1.59. The minimum absolute atomic E-state index is 0.0960. The van der Waals surface area contributed by atoms with Crippen LogP contribution in [0.4, 0.5) is 11.4 Å². The van der Waals surface area contributed by atoms with Crippen LogP contribution in [-0.4, -0.2) is 11.8 Å². The van der Waals surface area contributed by atoms with Gasteiger partial charge in [0.1, 0.15) is 0 Å². The predicted molar refractivity (Wildman–Crippen MR) is 78.4 cm³/mol. The number of anilines is 2. The summed E-state index contributed by atoms with van der Waals surface area (Å²) in [6, 6.07) is 7.39. The van der Waals surface area contributed by atoms with Crippen molar-refractivity contribution in [3.63, 3.8) is 0 Å². The lowest BCUT2D eigenvalue weighted by Gasteiger charge is -2.25. The molecule has 2 N–H and O–H groups in total. The molecule has 0 radical (unpaired) electrons. The third-order valence-electron chi connectivity index (χ3n) is 4.35. The minimum Gasteiger partial charge on any atom is -0.326 e. The highest BCUT2D eigenvalue weighted by Gasteiger charge is 2.26. The lowest BCUT2D eigenvalue weighted by atomic mass is 9.84. The van der Waals surface area contributed by atoms with Crippen LogP contribution in [-0.2, 0) is 9.59 Å². The summed E-state index contributed by atoms with van der Waals surface area (Å²) in [5.74, 6) is 0.531. The van der Waals surface area contributed by atoms with E-state index in [-0.39, 0.29) is 23.7 Å². The molecule has 0 heterocycles. The van der Waals surface area contributed by atoms with Gasteiger partial charge in [0.05, 0.1) is 0 Å². The Hall–Kier alpha value is -1.84. The van der Waals surface area contributed by atoms with E-state index in [1.54, 1.807) is 0 Å². The van der Waals surface area contributed by atoms with Gasteiger partial charge in [-0.2, -0.15) is 0 Å².